The lowest BCUT2D eigenvalue weighted by Crippen LogP contribution is -2.28. The molecule has 1 aromatic heterocycles. The van der Waals surface area contributed by atoms with Gasteiger partial charge in [-0.05, 0) is 6.07 Å². The minimum atomic E-state index is 0.882. The Morgan fingerprint density at radius 3 is 2.73 bits per heavy atom. The molecule has 0 bridgehead atoms. The van der Waals surface area contributed by atoms with Crippen molar-refractivity contribution in [1.82, 2.24) is 4.98 Å². The Bertz CT molecular complexity index is 314. The van der Waals surface area contributed by atoms with E-state index in [9.17, 15) is 0 Å². The molecule has 82 valence electrons. The molecule has 2 nitrogen and oxygen atoms in total. The first-order valence-electron chi connectivity index (χ1n) is 4.91. The highest BCUT2D eigenvalue weighted by Crippen LogP contribution is 2.27. The van der Waals surface area contributed by atoms with Crippen LogP contribution in [0.4, 0.5) is 5.82 Å². The van der Waals surface area contributed by atoms with Gasteiger partial charge >= 0.3 is 0 Å². The fourth-order valence-corrected chi connectivity index (χ4v) is 3.97. The molecule has 0 N–H and O–H groups in total. The maximum absolute atomic E-state index is 4.49. The number of alkyl halides is 1. The zero-order chi connectivity index (χ0) is 10.5. The van der Waals surface area contributed by atoms with Crippen molar-refractivity contribution in [2.45, 2.75) is 5.33 Å². The van der Waals surface area contributed by atoms with Crippen molar-refractivity contribution in [3.63, 3.8) is 0 Å². The van der Waals surface area contributed by atoms with Crippen LogP contribution in [0.3, 0.4) is 0 Å². The molecule has 0 aromatic carbocycles. The van der Waals surface area contributed by atoms with Crippen LogP contribution in [0, 0.1) is 0 Å². The molecule has 1 aliphatic heterocycles. The maximum atomic E-state index is 4.49. The highest BCUT2D eigenvalue weighted by molar-refractivity contribution is 9.08. The number of rotatable bonds is 2. The quantitative estimate of drug-likeness (QED) is 0.616. The van der Waals surface area contributed by atoms with Gasteiger partial charge in [0.05, 0.1) is 0 Å². The molecule has 1 aliphatic rings. The van der Waals surface area contributed by atoms with E-state index in [4.69, 9.17) is 0 Å². The summed E-state index contributed by atoms with van der Waals surface area (Å²) in [4.78, 5) is 6.88. The SMILES string of the molecule is BrCc1cccnc1N1CCSSCC1. The lowest BCUT2D eigenvalue weighted by molar-refractivity contribution is 0.855. The third kappa shape index (κ3) is 3.04. The number of hydrogen-bond donors (Lipinski definition) is 0. The van der Waals surface area contributed by atoms with E-state index in [0.717, 1.165) is 24.2 Å². The van der Waals surface area contributed by atoms with Gasteiger partial charge < -0.3 is 4.90 Å². The van der Waals surface area contributed by atoms with E-state index >= 15 is 0 Å². The Hall–Kier alpha value is 0.130. The van der Waals surface area contributed by atoms with Crippen molar-refractivity contribution in [2.24, 2.45) is 0 Å². The lowest BCUT2D eigenvalue weighted by atomic mass is 10.2. The number of hydrogen-bond acceptors (Lipinski definition) is 4. The van der Waals surface area contributed by atoms with E-state index in [-0.39, 0.29) is 0 Å². The van der Waals surface area contributed by atoms with E-state index in [1.165, 1.54) is 17.1 Å². The summed E-state index contributed by atoms with van der Waals surface area (Å²) in [6.45, 7) is 2.21. The highest BCUT2D eigenvalue weighted by atomic mass is 79.9. The van der Waals surface area contributed by atoms with Crippen LogP contribution in [0.5, 0.6) is 0 Å². The van der Waals surface area contributed by atoms with Gasteiger partial charge in [0, 0.05) is 41.7 Å². The van der Waals surface area contributed by atoms with Gasteiger partial charge in [-0.1, -0.05) is 43.6 Å². The average Bonchev–Trinajstić information content (AvgIpc) is 2.57. The predicted molar refractivity (Wildman–Crippen MR) is 74.0 cm³/mol. The molecule has 2 heterocycles. The van der Waals surface area contributed by atoms with Gasteiger partial charge in [0.25, 0.3) is 0 Å². The number of nitrogens with zero attached hydrogens (tertiary/aromatic N) is 2. The van der Waals surface area contributed by atoms with E-state index < -0.39 is 0 Å². The summed E-state index contributed by atoms with van der Waals surface area (Å²) in [5, 5.41) is 0.882. The largest absolute Gasteiger partial charge is 0.355 e. The Labute approximate surface area is 107 Å². The van der Waals surface area contributed by atoms with E-state index in [0.29, 0.717) is 0 Å². The number of pyridine rings is 1. The predicted octanol–water partition coefficient (Wildman–Crippen LogP) is 3.18. The van der Waals surface area contributed by atoms with Gasteiger partial charge in [-0.25, -0.2) is 4.98 Å². The zero-order valence-corrected chi connectivity index (χ0v) is 11.6. The first-order valence-corrected chi connectivity index (χ1v) is 8.52. The van der Waals surface area contributed by atoms with Gasteiger partial charge in [0.2, 0.25) is 0 Å². The Balaban J connectivity index is 2.18. The minimum Gasteiger partial charge on any atom is -0.355 e. The zero-order valence-electron chi connectivity index (χ0n) is 8.36. The molecule has 0 aliphatic carbocycles. The highest BCUT2D eigenvalue weighted by Gasteiger charge is 2.14. The van der Waals surface area contributed by atoms with E-state index in [2.05, 4.69) is 31.9 Å². The Morgan fingerprint density at radius 1 is 1.33 bits per heavy atom. The summed E-state index contributed by atoms with van der Waals surface area (Å²) in [5.74, 6) is 3.52. The third-order valence-corrected chi connectivity index (χ3v) is 5.25. The van der Waals surface area contributed by atoms with Crippen LogP contribution in [-0.4, -0.2) is 29.6 Å². The molecule has 0 saturated carbocycles. The summed E-state index contributed by atoms with van der Waals surface area (Å²) in [5.41, 5.74) is 1.29. The van der Waals surface area contributed by atoms with Crippen molar-refractivity contribution < 1.29 is 0 Å². The molecule has 5 heteroatoms. The number of halogens is 1. The van der Waals surface area contributed by atoms with Crippen molar-refractivity contribution >= 4 is 43.3 Å². The lowest BCUT2D eigenvalue weighted by Gasteiger charge is -2.22. The fourth-order valence-electron chi connectivity index (χ4n) is 1.56. The van der Waals surface area contributed by atoms with Crippen LogP contribution in [0.25, 0.3) is 0 Å². The first-order chi connectivity index (χ1) is 7.42. The molecular formula is C10H13BrN2S2. The topological polar surface area (TPSA) is 16.1 Å². The smallest absolute Gasteiger partial charge is 0.132 e. The molecule has 0 radical (unpaired) electrons. The van der Waals surface area contributed by atoms with Crippen LogP contribution in [0.15, 0.2) is 18.3 Å². The fraction of sp³-hybridized carbons (Fsp3) is 0.500. The Kier molecular flexibility index (Phi) is 4.65. The summed E-state index contributed by atoms with van der Waals surface area (Å²) >= 11 is 3.52. The van der Waals surface area contributed by atoms with Crippen molar-refractivity contribution in [3.05, 3.63) is 23.9 Å². The summed E-state index contributed by atoms with van der Waals surface area (Å²) in [6, 6.07) is 4.14. The summed E-state index contributed by atoms with van der Waals surface area (Å²) in [6.07, 6.45) is 1.88. The normalized spacial score (nSPS) is 17.5. The van der Waals surface area contributed by atoms with Gasteiger partial charge in [0.1, 0.15) is 5.82 Å². The molecule has 1 saturated heterocycles. The van der Waals surface area contributed by atoms with Crippen LogP contribution >= 0.6 is 37.5 Å². The second-order valence-electron chi connectivity index (χ2n) is 3.25. The van der Waals surface area contributed by atoms with Gasteiger partial charge in [-0.2, -0.15) is 0 Å². The van der Waals surface area contributed by atoms with Crippen LogP contribution < -0.4 is 4.90 Å². The standard InChI is InChI=1S/C10H13BrN2S2/c11-8-9-2-1-3-12-10(9)13-4-6-14-15-7-5-13/h1-3H,4-8H2. The number of anilines is 1. The van der Waals surface area contributed by atoms with Gasteiger partial charge in [0.15, 0.2) is 0 Å². The van der Waals surface area contributed by atoms with E-state index in [1.807, 2.05) is 33.9 Å². The molecule has 15 heavy (non-hydrogen) atoms. The average molecular weight is 305 g/mol. The minimum absolute atomic E-state index is 0.882. The molecule has 2 rings (SSSR count). The van der Waals surface area contributed by atoms with Crippen LogP contribution in [0.2, 0.25) is 0 Å². The molecular weight excluding hydrogens is 292 g/mol. The monoisotopic (exact) mass is 304 g/mol. The van der Waals surface area contributed by atoms with Crippen LogP contribution in [0.1, 0.15) is 5.56 Å². The van der Waals surface area contributed by atoms with Crippen molar-refractivity contribution in [2.75, 3.05) is 29.5 Å². The van der Waals surface area contributed by atoms with Crippen molar-refractivity contribution in [1.29, 1.82) is 0 Å². The Morgan fingerprint density at radius 2 is 2.07 bits per heavy atom. The third-order valence-electron chi connectivity index (χ3n) is 2.28. The van der Waals surface area contributed by atoms with E-state index in [1.54, 1.807) is 0 Å². The molecule has 0 atom stereocenters. The second-order valence-corrected chi connectivity index (χ2v) is 6.51. The van der Waals surface area contributed by atoms with Gasteiger partial charge in [-0.15, -0.1) is 0 Å². The van der Waals surface area contributed by atoms with Crippen LogP contribution in [-0.2, 0) is 5.33 Å². The maximum Gasteiger partial charge on any atom is 0.132 e. The second kappa shape index (κ2) is 6.01. The first kappa shape index (κ1) is 11.6. The molecule has 0 unspecified atom stereocenters. The molecule has 1 aromatic rings. The molecule has 0 amide bonds. The number of aromatic nitrogens is 1. The van der Waals surface area contributed by atoms with Gasteiger partial charge in [-0.3, -0.25) is 0 Å². The summed E-state index contributed by atoms with van der Waals surface area (Å²) < 4.78 is 0. The van der Waals surface area contributed by atoms with Crippen molar-refractivity contribution in [3.8, 4) is 0 Å². The molecule has 1 fully saturated rings. The molecule has 0 spiro atoms. The summed E-state index contributed by atoms with van der Waals surface area (Å²) in [7, 11) is 3.93.